The maximum Gasteiger partial charge on any atom is 0.0735 e. The van der Waals surface area contributed by atoms with E-state index in [0.717, 1.165) is 11.2 Å². The van der Waals surface area contributed by atoms with Crippen molar-refractivity contribution in [2.24, 2.45) is 0 Å². The Morgan fingerprint density at radius 3 is 2.11 bits per heavy atom. The molecule has 2 nitrogen and oxygen atoms in total. The molecule has 0 amide bonds. The second kappa shape index (κ2) is 6.91. The van der Waals surface area contributed by atoms with E-state index >= 15 is 0 Å². The van der Waals surface area contributed by atoms with Gasteiger partial charge in [0.1, 0.15) is 0 Å². The van der Waals surface area contributed by atoms with E-state index in [4.69, 9.17) is 4.98 Å². The van der Waals surface area contributed by atoms with Crippen molar-refractivity contribution >= 4 is 32.7 Å². The molecule has 7 aromatic rings. The predicted octanol–water partition coefficient (Wildman–Crippen LogP) is 8.65. The Bertz CT molecular complexity index is 1940. The van der Waals surface area contributed by atoms with E-state index in [1.165, 1.54) is 60.6 Å². The highest BCUT2D eigenvalue weighted by Crippen LogP contribution is 2.48. The Balaban J connectivity index is 1.45. The summed E-state index contributed by atoms with van der Waals surface area (Å²) in [4.78, 5) is 4.80. The minimum Gasteiger partial charge on any atom is -0.309 e. The Labute approximate surface area is 202 Å². The zero-order valence-corrected chi connectivity index (χ0v) is 18.9. The molecular formula is C33H20N2. The molecule has 0 spiro atoms. The molecule has 0 saturated heterocycles. The van der Waals surface area contributed by atoms with E-state index in [9.17, 15) is 0 Å². The number of pyridine rings is 1. The van der Waals surface area contributed by atoms with Gasteiger partial charge in [-0.05, 0) is 69.8 Å². The smallest absolute Gasteiger partial charge is 0.0735 e. The number of rotatable bonds is 2. The van der Waals surface area contributed by atoms with Gasteiger partial charge in [0, 0.05) is 28.0 Å². The Morgan fingerprint density at radius 1 is 0.486 bits per heavy atom. The summed E-state index contributed by atoms with van der Waals surface area (Å²) in [5, 5.41) is 3.78. The third kappa shape index (κ3) is 2.57. The number of hydrogen-bond acceptors (Lipinski definition) is 1. The van der Waals surface area contributed by atoms with Crippen molar-refractivity contribution in [3.05, 3.63) is 121 Å². The molecule has 1 aliphatic rings. The van der Waals surface area contributed by atoms with Gasteiger partial charge >= 0.3 is 0 Å². The first kappa shape index (κ1) is 18.7. The van der Waals surface area contributed by atoms with E-state index in [2.05, 4.69) is 120 Å². The quantitative estimate of drug-likeness (QED) is 0.261. The first-order valence-electron chi connectivity index (χ1n) is 12.0. The van der Waals surface area contributed by atoms with Crippen LogP contribution in [0.2, 0.25) is 0 Å². The molecule has 0 saturated carbocycles. The van der Waals surface area contributed by atoms with Crippen molar-refractivity contribution in [2.45, 2.75) is 0 Å². The molecular weight excluding hydrogens is 424 g/mol. The third-order valence-electron chi connectivity index (χ3n) is 7.37. The van der Waals surface area contributed by atoms with Crippen LogP contribution < -0.4 is 0 Å². The summed E-state index contributed by atoms with van der Waals surface area (Å²) in [5.74, 6) is 0. The monoisotopic (exact) mass is 444 g/mol. The van der Waals surface area contributed by atoms with Crippen molar-refractivity contribution in [3.63, 3.8) is 0 Å². The molecule has 0 N–H and O–H groups in total. The molecule has 8 rings (SSSR count). The van der Waals surface area contributed by atoms with Crippen LogP contribution in [0.25, 0.3) is 71.8 Å². The van der Waals surface area contributed by atoms with Gasteiger partial charge in [0.15, 0.2) is 0 Å². The maximum absolute atomic E-state index is 4.80. The zero-order valence-electron chi connectivity index (χ0n) is 18.9. The van der Waals surface area contributed by atoms with E-state index in [1.807, 2.05) is 6.20 Å². The largest absolute Gasteiger partial charge is 0.309 e. The lowest BCUT2D eigenvalue weighted by Gasteiger charge is -2.11. The lowest BCUT2D eigenvalue weighted by atomic mass is 10.0. The molecule has 35 heavy (non-hydrogen) atoms. The standard InChI is InChI=1S/C33H20N2/c1-2-8-21(9-3-1)22-14-15-32-28(18-22)26-12-6-7-13-31(26)35(32)23-19-29-25-11-5-4-10-24(25)27-16-17-34-30(20-23)33(27)29/h1-20H. The van der Waals surface area contributed by atoms with Crippen molar-refractivity contribution in [3.8, 4) is 39.1 Å². The summed E-state index contributed by atoms with van der Waals surface area (Å²) in [7, 11) is 0. The van der Waals surface area contributed by atoms with Crippen LogP contribution >= 0.6 is 0 Å². The number of benzene rings is 5. The predicted molar refractivity (Wildman–Crippen MR) is 146 cm³/mol. The van der Waals surface area contributed by atoms with E-state index in [-0.39, 0.29) is 0 Å². The minimum absolute atomic E-state index is 1.04. The fraction of sp³-hybridized carbons (Fsp3) is 0. The molecule has 1 aliphatic carbocycles. The minimum atomic E-state index is 1.04. The van der Waals surface area contributed by atoms with Crippen LogP contribution in [0.4, 0.5) is 0 Å². The second-order valence-electron chi connectivity index (χ2n) is 9.24. The van der Waals surface area contributed by atoms with Gasteiger partial charge in [0.2, 0.25) is 0 Å². The first-order chi connectivity index (χ1) is 17.4. The highest BCUT2D eigenvalue weighted by atomic mass is 15.0. The van der Waals surface area contributed by atoms with Gasteiger partial charge in [-0.3, -0.25) is 4.98 Å². The number of nitrogens with zero attached hydrogens (tertiary/aromatic N) is 2. The van der Waals surface area contributed by atoms with E-state index in [0.29, 0.717) is 0 Å². The number of para-hydroxylation sites is 1. The second-order valence-corrected chi connectivity index (χ2v) is 9.24. The Morgan fingerprint density at radius 2 is 1.23 bits per heavy atom. The van der Waals surface area contributed by atoms with Gasteiger partial charge in [-0.1, -0.05) is 78.9 Å². The van der Waals surface area contributed by atoms with Gasteiger partial charge in [-0.2, -0.15) is 0 Å². The van der Waals surface area contributed by atoms with Crippen LogP contribution in [-0.4, -0.2) is 9.55 Å². The first-order valence-corrected chi connectivity index (χ1v) is 12.0. The molecule has 0 bridgehead atoms. The summed E-state index contributed by atoms with van der Waals surface area (Å²) in [6, 6.07) is 41.6. The average Bonchev–Trinajstić information content (AvgIpc) is 3.43. The fourth-order valence-corrected chi connectivity index (χ4v) is 5.85. The van der Waals surface area contributed by atoms with Crippen molar-refractivity contribution in [1.82, 2.24) is 9.55 Å². The molecule has 0 aliphatic heterocycles. The molecule has 0 radical (unpaired) electrons. The molecule has 0 atom stereocenters. The van der Waals surface area contributed by atoms with Crippen LogP contribution in [-0.2, 0) is 0 Å². The van der Waals surface area contributed by atoms with Crippen LogP contribution in [0.3, 0.4) is 0 Å². The Kier molecular flexibility index (Phi) is 3.69. The van der Waals surface area contributed by atoms with Gasteiger partial charge in [0.05, 0.1) is 16.6 Å². The lowest BCUT2D eigenvalue weighted by molar-refractivity contribution is 1.18. The molecule has 2 aromatic heterocycles. The number of aromatic nitrogens is 2. The molecule has 2 heterocycles. The summed E-state index contributed by atoms with van der Waals surface area (Å²) in [6.45, 7) is 0. The summed E-state index contributed by atoms with van der Waals surface area (Å²) >= 11 is 0. The van der Waals surface area contributed by atoms with Crippen LogP contribution in [0.15, 0.2) is 121 Å². The van der Waals surface area contributed by atoms with Gasteiger partial charge in [-0.15, -0.1) is 0 Å². The fourth-order valence-electron chi connectivity index (χ4n) is 5.85. The molecule has 2 heteroatoms. The van der Waals surface area contributed by atoms with E-state index in [1.54, 1.807) is 0 Å². The van der Waals surface area contributed by atoms with Gasteiger partial charge < -0.3 is 4.57 Å². The lowest BCUT2D eigenvalue weighted by Crippen LogP contribution is -1.95. The third-order valence-corrected chi connectivity index (χ3v) is 7.37. The van der Waals surface area contributed by atoms with Crippen molar-refractivity contribution < 1.29 is 0 Å². The maximum atomic E-state index is 4.80. The SMILES string of the molecule is c1ccc(-c2ccc3c(c2)c2ccccc2n3-c2cc3c4c(ccnc4c2)-c2ccccc2-3)cc1. The van der Waals surface area contributed by atoms with Gasteiger partial charge in [0.25, 0.3) is 0 Å². The topological polar surface area (TPSA) is 17.8 Å². The summed E-state index contributed by atoms with van der Waals surface area (Å²) in [5.41, 5.74) is 12.2. The van der Waals surface area contributed by atoms with E-state index < -0.39 is 0 Å². The zero-order chi connectivity index (χ0) is 22.9. The molecule has 0 unspecified atom stereocenters. The Hall–Kier alpha value is -4.69. The molecule has 162 valence electrons. The van der Waals surface area contributed by atoms with Gasteiger partial charge in [-0.25, -0.2) is 0 Å². The molecule has 0 fully saturated rings. The normalized spacial score (nSPS) is 12.0. The van der Waals surface area contributed by atoms with Crippen molar-refractivity contribution in [1.29, 1.82) is 0 Å². The van der Waals surface area contributed by atoms with Crippen LogP contribution in [0.5, 0.6) is 0 Å². The average molecular weight is 445 g/mol. The highest BCUT2D eigenvalue weighted by molar-refractivity contribution is 6.16. The van der Waals surface area contributed by atoms with Crippen LogP contribution in [0.1, 0.15) is 0 Å². The molecule has 5 aromatic carbocycles. The summed E-state index contributed by atoms with van der Waals surface area (Å²) in [6.07, 6.45) is 1.94. The van der Waals surface area contributed by atoms with Crippen LogP contribution in [0, 0.1) is 0 Å². The summed E-state index contributed by atoms with van der Waals surface area (Å²) < 4.78 is 2.39. The number of hydrogen-bond donors (Lipinski definition) is 0. The van der Waals surface area contributed by atoms with Crippen molar-refractivity contribution in [2.75, 3.05) is 0 Å². The highest BCUT2D eigenvalue weighted by Gasteiger charge is 2.23. The number of fused-ring (bicyclic) bond motifs is 6.